The molecule has 0 aliphatic carbocycles. The first-order valence-electron chi connectivity index (χ1n) is 9.28. The molecule has 0 saturated carbocycles. The van der Waals surface area contributed by atoms with E-state index >= 15 is 0 Å². The normalized spacial score (nSPS) is 20.3. The van der Waals surface area contributed by atoms with Gasteiger partial charge in [-0.25, -0.2) is 4.79 Å². The quantitative estimate of drug-likeness (QED) is 0.568. The van der Waals surface area contributed by atoms with Crippen LogP contribution in [0.15, 0.2) is 18.2 Å². The Hall–Kier alpha value is -1.92. The number of nitrogens with zero attached hydrogens (tertiary/aromatic N) is 1. The number of benzene rings is 1. The molecule has 1 aliphatic heterocycles. The van der Waals surface area contributed by atoms with Gasteiger partial charge in [-0.3, -0.25) is 9.69 Å². The Morgan fingerprint density at radius 2 is 2.08 bits per heavy atom. The van der Waals surface area contributed by atoms with Gasteiger partial charge >= 0.3 is 5.97 Å². The number of esters is 1. The van der Waals surface area contributed by atoms with E-state index in [9.17, 15) is 9.59 Å². The van der Waals surface area contributed by atoms with Crippen LogP contribution in [0.1, 0.15) is 37.3 Å². The van der Waals surface area contributed by atoms with Gasteiger partial charge in [-0.15, -0.1) is 0 Å². The number of carbonyl (C=O) groups is 2. The van der Waals surface area contributed by atoms with Crippen molar-refractivity contribution in [1.29, 1.82) is 0 Å². The highest BCUT2D eigenvalue weighted by atomic mass is 16.5. The number of piperazine rings is 1. The summed E-state index contributed by atoms with van der Waals surface area (Å²) in [4.78, 5) is 27.2. The molecule has 1 aromatic rings. The summed E-state index contributed by atoms with van der Waals surface area (Å²) in [5.41, 5.74) is 2.86. The lowest BCUT2D eigenvalue weighted by atomic mass is 9.97. The van der Waals surface area contributed by atoms with E-state index < -0.39 is 6.04 Å². The minimum absolute atomic E-state index is 0.121. The van der Waals surface area contributed by atoms with Crippen LogP contribution in [0.25, 0.3) is 0 Å². The molecule has 1 N–H and O–H groups in total. The van der Waals surface area contributed by atoms with Crippen LogP contribution in [-0.2, 0) is 19.1 Å². The third kappa shape index (κ3) is 4.62. The third-order valence-electron chi connectivity index (χ3n) is 4.90. The fourth-order valence-corrected chi connectivity index (χ4v) is 3.21. The minimum atomic E-state index is -0.691. The Bertz CT molecular complexity index is 632. The summed E-state index contributed by atoms with van der Waals surface area (Å²) >= 11 is 0. The second-order valence-corrected chi connectivity index (χ2v) is 6.72. The SMILES string of the molecule is CCCCOC(=O)C1[C@H](CCOC)NCC(=O)N1c1cccc(C)c1C. The molecule has 0 spiro atoms. The number of hydrogen-bond donors (Lipinski definition) is 1. The van der Waals surface area contributed by atoms with Gasteiger partial charge in [0.15, 0.2) is 0 Å². The van der Waals surface area contributed by atoms with Crippen molar-refractivity contribution in [3.63, 3.8) is 0 Å². The second kappa shape index (κ2) is 9.69. The molecule has 0 radical (unpaired) electrons. The number of carbonyl (C=O) groups excluding carboxylic acids is 2. The van der Waals surface area contributed by atoms with E-state index in [1.165, 1.54) is 0 Å². The lowest BCUT2D eigenvalue weighted by Crippen LogP contribution is -2.64. The van der Waals surface area contributed by atoms with Gasteiger partial charge < -0.3 is 14.8 Å². The Morgan fingerprint density at radius 3 is 2.77 bits per heavy atom. The van der Waals surface area contributed by atoms with Crippen molar-refractivity contribution in [2.45, 2.75) is 52.1 Å². The van der Waals surface area contributed by atoms with Crippen molar-refractivity contribution in [2.24, 2.45) is 0 Å². The Labute approximate surface area is 155 Å². The highest BCUT2D eigenvalue weighted by molar-refractivity contribution is 6.02. The molecule has 0 bridgehead atoms. The predicted octanol–water partition coefficient (Wildman–Crippen LogP) is 2.36. The third-order valence-corrected chi connectivity index (χ3v) is 4.90. The summed E-state index contributed by atoms with van der Waals surface area (Å²) in [6.45, 7) is 7.10. The summed E-state index contributed by atoms with van der Waals surface area (Å²) in [5, 5.41) is 3.19. The van der Waals surface area contributed by atoms with Crippen LogP contribution >= 0.6 is 0 Å². The molecule has 6 nitrogen and oxygen atoms in total. The Balaban J connectivity index is 2.36. The van der Waals surface area contributed by atoms with Crippen LogP contribution in [0.4, 0.5) is 5.69 Å². The number of amides is 1. The van der Waals surface area contributed by atoms with E-state index in [1.54, 1.807) is 12.0 Å². The molecule has 6 heteroatoms. The van der Waals surface area contributed by atoms with Crippen molar-refractivity contribution in [3.05, 3.63) is 29.3 Å². The fourth-order valence-electron chi connectivity index (χ4n) is 3.21. The maximum absolute atomic E-state index is 12.9. The van der Waals surface area contributed by atoms with Crippen LogP contribution in [-0.4, -0.2) is 50.8 Å². The molecule has 1 saturated heterocycles. The standard InChI is InChI=1S/C20H30N2O4/c1-5-6-11-26-20(24)19-16(10-12-25-4)21-13-18(23)22(19)17-9-7-8-14(2)15(17)3/h7-9,16,19,21H,5-6,10-13H2,1-4H3/t16-,19?/m0/s1. The summed E-state index contributed by atoms with van der Waals surface area (Å²) in [5.74, 6) is -0.481. The van der Waals surface area contributed by atoms with Gasteiger partial charge in [0.05, 0.1) is 13.2 Å². The van der Waals surface area contributed by atoms with Crippen LogP contribution < -0.4 is 10.2 Å². The van der Waals surface area contributed by atoms with Gasteiger partial charge in [0.25, 0.3) is 0 Å². The van der Waals surface area contributed by atoms with E-state index in [4.69, 9.17) is 9.47 Å². The largest absolute Gasteiger partial charge is 0.464 e. The Kier molecular flexibility index (Phi) is 7.60. The number of anilines is 1. The van der Waals surface area contributed by atoms with Gasteiger partial charge in [-0.2, -0.15) is 0 Å². The van der Waals surface area contributed by atoms with Crippen molar-refractivity contribution < 1.29 is 19.1 Å². The molecule has 0 aromatic heterocycles. The summed E-state index contributed by atoms with van der Waals surface area (Å²) < 4.78 is 10.7. The van der Waals surface area contributed by atoms with Crippen LogP contribution in [0.2, 0.25) is 0 Å². The number of ether oxygens (including phenoxy) is 2. The van der Waals surface area contributed by atoms with E-state index in [0.717, 1.165) is 29.7 Å². The summed E-state index contributed by atoms with van der Waals surface area (Å²) in [6.07, 6.45) is 2.38. The summed E-state index contributed by atoms with van der Waals surface area (Å²) in [6, 6.07) is 4.91. The molecule has 1 unspecified atom stereocenters. The number of rotatable bonds is 8. The molecule has 1 fully saturated rings. The van der Waals surface area contributed by atoms with E-state index in [0.29, 0.717) is 19.6 Å². The molecule has 1 amide bonds. The monoisotopic (exact) mass is 362 g/mol. The van der Waals surface area contributed by atoms with Gasteiger partial charge in [0, 0.05) is 25.4 Å². The average Bonchev–Trinajstić information content (AvgIpc) is 2.63. The smallest absolute Gasteiger partial charge is 0.330 e. The zero-order valence-electron chi connectivity index (χ0n) is 16.2. The van der Waals surface area contributed by atoms with Crippen LogP contribution in [0.3, 0.4) is 0 Å². The first-order valence-corrected chi connectivity index (χ1v) is 9.28. The maximum Gasteiger partial charge on any atom is 0.330 e. The highest BCUT2D eigenvalue weighted by Crippen LogP contribution is 2.28. The summed E-state index contributed by atoms with van der Waals surface area (Å²) in [7, 11) is 1.63. The minimum Gasteiger partial charge on any atom is -0.464 e. The highest BCUT2D eigenvalue weighted by Gasteiger charge is 2.42. The van der Waals surface area contributed by atoms with Crippen molar-refractivity contribution in [3.8, 4) is 0 Å². The Morgan fingerprint density at radius 1 is 1.31 bits per heavy atom. The number of methoxy groups -OCH3 is 1. The van der Waals surface area contributed by atoms with Gasteiger partial charge in [0.2, 0.25) is 5.91 Å². The lowest BCUT2D eigenvalue weighted by molar-refractivity contribution is -0.148. The number of hydrogen-bond acceptors (Lipinski definition) is 5. The van der Waals surface area contributed by atoms with Crippen molar-refractivity contribution >= 4 is 17.6 Å². The first kappa shape index (κ1) is 20.4. The van der Waals surface area contributed by atoms with Crippen molar-refractivity contribution in [1.82, 2.24) is 5.32 Å². The zero-order valence-corrected chi connectivity index (χ0v) is 16.2. The first-order chi connectivity index (χ1) is 12.5. The van der Waals surface area contributed by atoms with Gasteiger partial charge in [-0.05, 0) is 43.9 Å². The van der Waals surface area contributed by atoms with E-state index in [2.05, 4.69) is 5.32 Å². The van der Waals surface area contributed by atoms with Crippen LogP contribution in [0.5, 0.6) is 0 Å². The van der Waals surface area contributed by atoms with Gasteiger partial charge in [0.1, 0.15) is 6.04 Å². The molecule has 144 valence electrons. The maximum atomic E-state index is 12.9. The molecule has 26 heavy (non-hydrogen) atoms. The lowest BCUT2D eigenvalue weighted by Gasteiger charge is -2.40. The molecule has 2 rings (SSSR count). The molecule has 1 aliphatic rings. The van der Waals surface area contributed by atoms with E-state index in [1.807, 2.05) is 39.0 Å². The molecule has 2 atom stereocenters. The topological polar surface area (TPSA) is 67.9 Å². The number of unbranched alkanes of at least 4 members (excludes halogenated alkanes) is 1. The molecule has 1 aromatic carbocycles. The van der Waals surface area contributed by atoms with Gasteiger partial charge in [-0.1, -0.05) is 25.5 Å². The second-order valence-electron chi connectivity index (χ2n) is 6.72. The average molecular weight is 362 g/mol. The number of nitrogens with one attached hydrogen (secondary N) is 1. The van der Waals surface area contributed by atoms with Crippen LogP contribution in [0, 0.1) is 13.8 Å². The molecular weight excluding hydrogens is 332 g/mol. The fraction of sp³-hybridized carbons (Fsp3) is 0.600. The van der Waals surface area contributed by atoms with Crippen molar-refractivity contribution in [2.75, 3.05) is 31.8 Å². The zero-order chi connectivity index (χ0) is 19.1. The number of aryl methyl sites for hydroxylation is 1. The van der Waals surface area contributed by atoms with E-state index in [-0.39, 0.29) is 24.5 Å². The molecular formula is C20H30N2O4. The predicted molar refractivity (Wildman–Crippen MR) is 101 cm³/mol. The molecule has 1 heterocycles.